The fourth-order valence-electron chi connectivity index (χ4n) is 3.89. The Labute approximate surface area is 146 Å². The van der Waals surface area contributed by atoms with Crippen molar-refractivity contribution in [3.63, 3.8) is 0 Å². The summed E-state index contributed by atoms with van der Waals surface area (Å²) in [6.45, 7) is 2.86. The van der Waals surface area contributed by atoms with Crippen LogP contribution in [-0.4, -0.2) is 41.1 Å². The molecule has 0 aliphatic carbocycles. The number of hydrogen-bond acceptors (Lipinski definition) is 3. The van der Waals surface area contributed by atoms with Crippen molar-refractivity contribution in [2.75, 3.05) is 13.2 Å². The summed E-state index contributed by atoms with van der Waals surface area (Å²) in [7, 11) is 0. The Balaban J connectivity index is 1.87. The van der Waals surface area contributed by atoms with Crippen LogP contribution in [0.3, 0.4) is 0 Å². The van der Waals surface area contributed by atoms with Gasteiger partial charge in [0.15, 0.2) is 0 Å². The highest BCUT2D eigenvalue weighted by molar-refractivity contribution is 5.81. The molecule has 2 aliphatic heterocycles. The predicted octanol–water partition coefficient (Wildman–Crippen LogP) is 3.07. The Bertz CT molecular complexity index is 657. The van der Waals surface area contributed by atoms with E-state index in [1.54, 1.807) is 24.0 Å². The lowest BCUT2D eigenvalue weighted by Gasteiger charge is -2.40. The van der Waals surface area contributed by atoms with Gasteiger partial charge in [-0.2, -0.15) is 0 Å². The standard InChI is InChI=1S/C19H24FNO4/c1-12-11-13(4-6-16(12)20)18-15(19(23)24)5-7-17(22)21(18)9-8-14-3-2-10-25-14/h4,6,11,14-15,18H,2-3,5,7-10H2,1H3,(H,23,24). The second-order valence-corrected chi connectivity index (χ2v) is 6.95. The third-order valence-electron chi connectivity index (χ3n) is 5.26. The Morgan fingerprint density at radius 2 is 2.20 bits per heavy atom. The topological polar surface area (TPSA) is 66.8 Å². The minimum absolute atomic E-state index is 0.0394. The van der Waals surface area contributed by atoms with E-state index in [0.717, 1.165) is 19.4 Å². The number of aliphatic carboxylic acids is 1. The van der Waals surface area contributed by atoms with Crippen LogP contribution in [0.2, 0.25) is 0 Å². The predicted molar refractivity (Wildman–Crippen MR) is 89.5 cm³/mol. The molecule has 6 heteroatoms. The highest BCUT2D eigenvalue weighted by Crippen LogP contribution is 2.38. The maximum absolute atomic E-state index is 13.6. The zero-order valence-corrected chi connectivity index (χ0v) is 14.4. The van der Waals surface area contributed by atoms with Crippen molar-refractivity contribution in [3.8, 4) is 0 Å². The first-order valence-corrected chi connectivity index (χ1v) is 8.87. The van der Waals surface area contributed by atoms with Crippen LogP contribution in [0.4, 0.5) is 4.39 Å². The molecular weight excluding hydrogens is 325 g/mol. The van der Waals surface area contributed by atoms with Gasteiger partial charge in [0.05, 0.1) is 18.1 Å². The molecule has 0 bridgehead atoms. The van der Waals surface area contributed by atoms with Crippen LogP contribution in [0, 0.1) is 18.7 Å². The fourth-order valence-corrected chi connectivity index (χ4v) is 3.89. The molecule has 5 nitrogen and oxygen atoms in total. The van der Waals surface area contributed by atoms with E-state index in [2.05, 4.69) is 0 Å². The molecule has 1 aromatic carbocycles. The van der Waals surface area contributed by atoms with Crippen molar-refractivity contribution in [2.24, 2.45) is 5.92 Å². The smallest absolute Gasteiger partial charge is 0.308 e. The zero-order chi connectivity index (χ0) is 18.0. The summed E-state index contributed by atoms with van der Waals surface area (Å²) in [5.41, 5.74) is 1.14. The Morgan fingerprint density at radius 3 is 2.84 bits per heavy atom. The summed E-state index contributed by atoms with van der Waals surface area (Å²) in [5, 5.41) is 9.64. The molecule has 3 atom stereocenters. The molecule has 2 aliphatic rings. The number of carbonyl (C=O) groups is 2. The zero-order valence-electron chi connectivity index (χ0n) is 14.4. The summed E-state index contributed by atoms with van der Waals surface area (Å²) >= 11 is 0. The van der Waals surface area contributed by atoms with Crippen LogP contribution in [-0.2, 0) is 14.3 Å². The number of hydrogen-bond donors (Lipinski definition) is 1. The van der Waals surface area contributed by atoms with Crippen molar-refractivity contribution < 1.29 is 23.8 Å². The Hall–Kier alpha value is -1.95. The van der Waals surface area contributed by atoms with E-state index in [9.17, 15) is 19.1 Å². The first kappa shape index (κ1) is 17.9. The number of rotatable bonds is 5. The summed E-state index contributed by atoms with van der Waals surface area (Å²) < 4.78 is 19.3. The number of halogens is 1. The van der Waals surface area contributed by atoms with Crippen LogP contribution in [0.5, 0.6) is 0 Å². The molecule has 1 N–H and O–H groups in total. The number of carbonyl (C=O) groups excluding carboxylic acids is 1. The van der Waals surface area contributed by atoms with E-state index in [-0.39, 0.29) is 24.2 Å². The monoisotopic (exact) mass is 349 g/mol. The van der Waals surface area contributed by atoms with Crippen LogP contribution in [0.25, 0.3) is 0 Å². The van der Waals surface area contributed by atoms with Crippen LogP contribution in [0.15, 0.2) is 18.2 Å². The maximum Gasteiger partial charge on any atom is 0.308 e. The van der Waals surface area contributed by atoms with Gasteiger partial charge in [-0.05, 0) is 49.8 Å². The fraction of sp³-hybridized carbons (Fsp3) is 0.579. The number of benzene rings is 1. The molecule has 0 spiro atoms. The number of nitrogens with zero attached hydrogens (tertiary/aromatic N) is 1. The number of amides is 1. The highest BCUT2D eigenvalue weighted by atomic mass is 19.1. The van der Waals surface area contributed by atoms with Crippen LogP contribution < -0.4 is 0 Å². The SMILES string of the molecule is Cc1cc(C2C(C(=O)O)CCC(=O)N2CCC2CCCO2)ccc1F. The second kappa shape index (κ2) is 7.52. The van der Waals surface area contributed by atoms with Crippen LogP contribution in [0.1, 0.15) is 49.3 Å². The minimum atomic E-state index is -0.915. The Kier molecular flexibility index (Phi) is 5.37. The van der Waals surface area contributed by atoms with Crippen molar-refractivity contribution in [1.29, 1.82) is 0 Å². The largest absolute Gasteiger partial charge is 0.481 e. The number of carboxylic acid groups (broad SMARTS) is 1. The molecule has 0 aromatic heterocycles. The summed E-state index contributed by atoms with van der Waals surface area (Å²) in [6, 6.07) is 4.05. The van der Waals surface area contributed by atoms with Gasteiger partial charge in [-0.25, -0.2) is 4.39 Å². The number of ether oxygens (including phenoxy) is 1. The van der Waals surface area contributed by atoms with Gasteiger partial charge in [-0.3, -0.25) is 9.59 Å². The van der Waals surface area contributed by atoms with Crippen molar-refractivity contribution >= 4 is 11.9 Å². The van der Waals surface area contributed by atoms with E-state index < -0.39 is 17.9 Å². The molecule has 0 saturated carbocycles. The van der Waals surface area contributed by atoms with Gasteiger partial charge in [0.2, 0.25) is 5.91 Å². The van der Waals surface area contributed by atoms with Gasteiger partial charge in [0.25, 0.3) is 0 Å². The average Bonchev–Trinajstić information content (AvgIpc) is 3.09. The number of piperidine rings is 1. The molecule has 3 unspecified atom stereocenters. The molecule has 2 saturated heterocycles. The first-order valence-electron chi connectivity index (χ1n) is 8.87. The normalized spacial score (nSPS) is 26.9. The maximum atomic E-state index is 13.6. The lowest BCUT2D eigenvalue weighted by molar-refractivity contribution is -0.152. The van der Waals surface area contributed by atoms with Crippen molar-refractivity contribution in [3.05, 3.63) is 35.1 Å². The lowest BCUT2D eigenvalue weighted by atomic mass is 9.83. The van der Waals surface area contributed by atoms with Gasteiger partial charge in [-0.15, -0.1) is 0 Å². The van der Waals surface area contributed by atoms with E-state index in [1.807, 2.05) is 0 Å². The average molecular weight is 349 g/mol. The van der Waals surface area contributed by atoms with Gasteiger partial charge in [-0.1, -0.05) is 12.1 Å². The van der Waals surface area contributed by atoms with E-state index in [4.69, 9.17) is 4.74 Å². The molecule has 3 rings (SSSR count). The molecule has 25 heavy (non-hydrogen) atoms. The van der Waals surface area contributed by atoms with Gasteiger partial charge in [0.1, 0.15) is 5.82 Å². The van der Waals surface area contributed by atoms with E-state index in [1.165, 1.54) is 6.07 Å². The van der Waals surface area contributed by atoms with Crippen molar-refractivity contribution in [2.45, 2.75) is 51.2 Å². The van der Waals surface area contributed by atoms with Crippen LogP contribution >= 0.6 is 0 Å². The van der Waals surface area contributed by atoms with Gasteiger partial charge in [0, 0.05) is 19.6 Å². The number of carboxylic acids is 1. The number of aryl methyl sites for hydroxylation is 1. The summed E-state index contributed by atoms with van der Waals surface area (Å²) in [5.74, 6) is -1.96. The van der Waals surface area contributed by atoms with E-state index in [0.29, 0.717) is 30.5 Å². The highest BCUT2D eigenvalue weighted by Gasteiger charge is 2.41. The summed E-state index contributed by atoms with van der Waals surface area (Å²) in [6.07, 6.45) is 3.38. The molecule has 1 aromatic rings. The molecule has 2 fully saturated rings. The molecule has 1 amide bonds. The number of likely N-dealkylation sites (tertiary alicyclic amines) is 1. The molecule has 0 radical (unpaired) electrons. The summed E-state index contributed by atoms with van der Waals surface area (Å²) in [4.78, 5) is 26.0. The second-order valence-electron chi connectivity index (χ2n) is 6.95. The molecular formula is C19H24FNO4. The van der Waals surface area contributed by atoms with Gasteiger partial charge < -0.3 is 14.7 Å². The van der Waals surface area contributed by atoms with Gasteiger partial charge >= 0.3 is 5.97 Å². The van der Waals surface area contributed by atoms with Crippen molar-refractivity contribution in [1.82, 2.24) is 4.90 Å². The Morgan fingerprint density at radius 1 is 1.40 bits per heavy atom. The third kappa shape index (κ3) is 3.84. The minimum Gasteiger partial charge on any atom is -0.481 e. The lowest BCUT2D eigenvalue weighted by Crippen LogP contribution is -2.46. The first-order chi connectivity index (χ1) is 12.0. The van der Waals surface area contributed by atoms with E-state index >= 15 is 0 Å². The quantitative estimate of drug-likeness (QED) is 0.887. The molecule has 2 heterocycles. The molecule has 136 valence electrons. The third-order valence-corrected chi connectivity index (χ3v) is 5.26.